The minimum Gasteiger partial charge on any atom is -0.465 e. The normalized spacial score (nSPS) is 18.3. The van der Waals surface area contributed by atoms with Crippen molar-refractivity contribution in [1.29, 1.82) is 0 Å². The highest BCUT2D eigenvalue weighted by Gasteiger charge is 2.36. The lowest BCUT2D eigenvalue weighted by molar-refractivity contribution is -0.161. The summed E-state index contributed by atoms with van der Waals surface area (Å²) in [4.78, 5) is 24.9. The van der Waals surface area contributed by atoms with Crippen molar-refractivity contribution in [3.05, 3.63) is 12.2 Å². The lowest BCUT2D eigenvalue weighted by atomic mass is 9.83. The number of allylic oxidation sites excluding steroid dienone is 2. The van der Waals surface area contributed by atoms with Gasteiger partial charge < -0.3 is 9.47 Å². The van der Waals surface area contributed by atoms with Gasteiger partial charge in [0.05, 0.1) is 25.0 Å². The molecule has 0 aromatic rings. The molecule has 0 amide bonds. The van der Waals surface area contributed by atoms with Crippen molar-refractivity contribution in [3.63, 3.8) is 0 Å². The topological polar surface area (TPSA) is 52.6 Å². The fourth-order valence-corrected chi connectivity index (χ4v) is 4.22. The summed E-state index contributed by atoms with van der Waals surface area (Å²) < 4.78 is 10.9. The molecule has 1 rings (SSSR count). The molecule has 32 heavy (non-hydrogen) atoms. The molecule has 0 aromatic carbocycles. The maximum atomic E-state index is 12.5. The summed E-state index contributed by atoms with van der Waals surface area (Å²) in [5, 5.41) is 0. The van der Waals surface area contributed by atoms with Crippen molar-refractivity contribution in [2.75, 3.05) is 13.2 Å². The number of carbonyl (C=O) groups is 2. The van der Waals surface area contributed by atoms with Crippen LogP contribution in [0.1, 0.15) is 118 Å². The quantitative estimate of drug-likeness (QED) is 0.122. The Morgan fingerprint density at radius 3 is 1.56 bits per heavy atom. The first kappa shape index (κ1) is 28.7. The van der Waals surface area contributed by atoms with Gasteiger partial charge in [-0.05, 0) is 31.1 Å². The summed E-state index contributed by atoms with van der Waals surface area (Å²) in [6, 6.07) is 0. The number of carbonyl (C=O) groups excluding carboxylic acids is 2. The van der Waals surface area contributed by atoms with Crippen LogP contribution >= 0.6 is 0 Å². The fourth-order valence-electron chi connectivity index (χ4n) is 4.22. The van der Waals surface area contributed by atoms with Crippen molar-refractivity contribution in [3.8, 4) is 0 Å². The highest BCUT2D eigenvalue weighted by Crippen LogP contribution is 2.28. The number of esters is 2. The Kier molecular flexibility index (Phi) is 16.3. The Morgan fingerprint density at radius 1 is 0.656 bits per heavy atom. The van der Waals surface area contributed by atoms with Gasteiger partial charge in [0.2, 0.25) is 0 Å². The van der Waals surface area contributed by atoms with Crippen LogP contribution in [0.4, 0.5) is 0 Å². The monoisotopic (exact) mass is 450 g/mol. The van der Waals surface area contributed by atoms with Crippen molar-refractivity contribution < 1.29 is 19.1 Å². The Bertz CT molecular complexity index is 524. The third-order valence-corrected chi connectivity index (χ3v) is 6.27. The van der Waals surface area contributed by atoms with Gasteiger partial charge in [-0.2, -0.15) is 0 Å². The second-order valence-corrected chi connectivity index (χ2v) is 10.4. The van der Waals surface area contributed by atoms with Gasteiger partial charge in [0.1, 0.15) is 0 Å². The van der Waals surface area contributed by atoms with Gasteiger partial charge in [0.25, 0.3) is 0 Å². The van der Waals surface area contributed by atoms with Gasteiger partial charge in [0.15, 0.2) is 0 Å². The Labute approximate surface area is 197 Å². The molecule has 0 heterocycles. The molecule has 0 N–H and O–H groups in total. The van der Waals surface area contributed by atoms with E-state index in [0.717, 1.165) is 18.8 Å². The summed E-state index contributed by atoms with van der Waals surface area (Å²) in [7, 11) is 0. The maximum absolute atomic E-state index is 12.5. The molecular formula is C28H50O4. The van der Waals surface area contributed by atoms with Crippen molar-refractivity contribution in [1.82, 2.24) is 0 Å². The van der Waals surface area contributed by atoms with E-state index in [9.17, 15) is 9.59 Å². The molecule has 0 bridgehead atoms. The van der Waals surface area contributed by atoms with E-state index in [1.165, 1.54) is 64.2 Å². The smallest absolute Gasteiger partial charge is 0.310 e. The van der Waals surface area contributed by atoms with Crippen molar-refractivity contribution >= 4 is 11.9 Å². The number of unbranched alkanes of at least 4 members (excludes halogenated alkanes) is 10. The minimum atomic E-state index is -0.401. The first-order chi connectivity index (χ1) is 15.4. The molecule has 2 atom stereocenters. The maximum Gasteiger partial charge on any atom is 0.310 e. The van der Waals surface area contributed by atoms with Gasteiger partial charge in [-0.1, -0.05) is 110 Å². The van der Waals surface area contributed by atoms with Crippen LogP contribution < -0.4 is 0 Å². The van der Waals surface area contributed by atoms with Crippen LogP contribution in [-0.2, 0) is 19.1 Å². The molecule has 186 valence electrons. The highest BCUT2D eigenvalue weighted by molar-refractivity contribution is 5.82. The second-order valence-electron chi connectivity index (χ2n) is 10.4. The summed E-state index contributed by atoms with van der Waals surface area (Å²) in [6.07, 6.45) is 20.6. The van der Waals surface area contributed by atoms with Gasteiger partial charge in [0, 0.05) is 0 Å². The zero-order chi connectivity index (χ0) is 23.6. The van der Waals surface area contributed by atoms with Gasteiger partial charge in [-0.15, -0.1) is 0 Å². The number of hydrogen-bond acceptors (Lipinski definition) is 4. The van der Waals surface area contributed by atoms with E-state index in [4.69, 9.17) is 9.47 Å². The van der Waals surface area contributed by atoms with Crippen molar-refractivity contribution in [2.24, 2.45) is 23.7 Å². The number of hydrogen-bond donors (Lipinski definition) is 0. The van der Waals surface area contributed by atoms with E-state index in [2.05, 4.69) is 13.8 Å². The van der Waals surface area contributed by atoms with Gasteiger partial charge in [-0.25, -0.2) is 0 Å². The molecule has 0 spiro atoms. The standard InChI is InChI=1S/C28H50O4/c1-23(2)18-14-12-10-8-6-5-7-9-11-13-17-21-31-27(29)25-19-15-16-20-26(25)28(30)32-22-24(3)4/h15-16,23-26H,5-14,17-22H2,1-4H3. The fraction of sp³-hybridized carbons (Fsp3) is 0.857. The summed E-state index contributed by atoms with van der Waals surface area (Å²) in [5.74, 6) is -0.164. The van der Waals surface area contributed by atoms with Crippen LogP contribution in [-0.4, -0.2) is 25.2 Å². The Balaban J connectivity index is 2.03. The van der Waals surface area contributed by atoms with E-state index < -0.39 is 11.8 Å². The van der Waals surface area contributed by atoms with Crippen LogP contribution in [0.2, 0.25) is 0 Å². The predicted octanol–water partition coefficient (Wildman–Crippen LogP) is 7.65. The molecule has 0 fully saturated rings. The summed E-state index contributed by atoms with van der Waals surface area (Å²) >= 11 is 0. The van der Waals surface area contributed by atoms with Crippen LogP contribution in [0.25, 0.3) is 0 Å². The van der Waals surface area contributed by atoms with Gasteiger partial charge in [-0.3, -0.25) is 9.59 Å². The van der Waals surface area contributed by atoms with Crippen LogP contribution in [0, 0.1) is 23.7 Å². The predicted molar refractivity (Wildman–Crippen MR) is 132 cm³/mol. The minimum absolute atomic E-state index is 0.241. The van der Waals surface area contributed by atoms with E-state index in [-0.39, 0.29) is 11.9 Å². The molecule has 4 nitrogen and oxygen atoms in total. The Morgan fingerprint density at radius 2 is 1.09 bits per heavy atom. The van der Waals surface area contributed by atoms with Crippen LogP contribution in [0.5, 0.6) is 0 Å². The molecule has 4 heteroatoms. The number of ether oxygens (including phenoxy) is 2. The lowest BCUT2D eigenvalue weighted by Gasteiger charge is -2.25. The molecule has 0 radical (unpaired) electrons. The van der Waals surface area contributed by atoms with Gasteiger partial charge >= 0.3 is 11.9 Å². The molecular weight excluding hydrogens is 400 g/mol. The first-order valence-electron chi connectivity index (χ1n) is 13.4. The Hall–Kier alpha value is -1.32. The molecule has 2 unspecified atom stereocenters. The highest BCUT2D eigenvalue weighted by atomic mass is 16.5. The summed E-state index contributed by atoms with van der Waals surface area (Å²) in [5.41, 5.74) is 0. The van der Waals surface area contributed by atoms with E-state index in [1.54, 1.807) is 0 Å². The summed E-state index contributed by atoms with van der Waals surface area (Å²) in [6.45, 7) is 9.50. The first-order valence-corrected chi connectivity index (χ1v) is 13.4. The van der Waals surface area contributed by atoms with Crippen LogP contribution in [0.3, 0.4) is 0 Å². The third kappa shape index (κ3) is 14.0. The third-order valence-electron chi connectivity index (χ3n) is 6.27. The SMILES string of the molecule is CC(C)CCCCCCCCCCCCCOC(=O)C1CC=CCC1C(=O)OCC(C)C. The average Bonchev–Trinajstić information content (AvgIpc) is 2.77. The van der Waals surface area contributed by atoms with Crippen LogP contribution in [0.15, 0.2) is 12.2 Å². The molecule has 0 saturated carbocycles. The van der Waals surface area contributed by atoms with E-state index in [1.807, 2.05) is 26.0 Å². The van der Waals surface area contributed by atoms with Crippen molar-refractivity contribution in [2.45, 2.75) is 118 Å². The molecule has 0 aromatic heterocycles. The van der Waals surface area contributed by atoms with E-state index >= 15 is 0 Å². The number of rotatable bonds is 18. The second kappa shape index (κ2) is 18.1. The average molecular weight is 451 g/mol. The largest absolute Gasteiger partial charge is 0.465 e. The molecule has 0 aliphatic heterocycles. The lowest BCUT2D eigenvalue weighted by Crippen LogP contribution is -2.34. The zero-order valence-corrected chi connectivity index (χ0v) is 21.4. The molecule has 0 saturated heterocycles. The molecule has 1 aliphatic carbocycles. The van der Waals surface area contributed by atoms with E-state index in [0.29, 0.717) is 32.0 Å². The molecule has 1 aliphatic rings. The zero-order valence-electron chi connectivity index (χ0n) is 21.4.